The van der Waals surface area contributed by atoms with Crippen molar-refractivity contribution in [3.63, 3.8) is 0 Å². The first kappa shape index (κ1) is 27.8. The molecule has 1 fully saturated rings. The summed E-state index contributed by atoms with van der Waals surface area (Å²) in [4.78, 5) is 25.9. The summed E-state index contributed by atoms with van der Waals surface area (Å²) < 4.78 is 0. The third-order valence-electron chi connectivity index (χ3n) is 6.61. The lowest BCUT2D eigenvalue weighted by atomic mass is 9.96. The number of piperazine rings is 1. The van der Waals surface area contributed by atoms with Crippen molar-refractivity contribution in [1.82, 2.24) is 14.9 Å². The Morgan fingerprint density at radius 1 is 1.03 bits per heavy atom. The zero-order valence-corrected chi connectivity index (χ0v) is 22.8. The maximum absolute atomic E-state index is 11.8. The molecular formula is C31H36N6O2. The number of hydrogen-bond donors (Lipinski definition) is 3. The molecule has 0 radical (unpaired) electrons. The van der Waals surface area contributed by atoms with Gasteiger partial charge in [-0.05, 0) is 60.6 Å². The molecular weight excluding hydrogens is 488 g/mol. The Kier molecular flexibility index (Phi) is 9.25. The van der Waals surface area contributed by atoms with Crippen LogP contribution in [0.5, 0.6) is 0 Å². The average Bonchev–Trinajstić information content (AvgIpc) is 2.98. The van der Waals surface area contributed by atoms with Crippen LogP contribution in [-0.2, 0) is 11.4 Å². The van der Waals surface area contributed by atoms with Crippen LogP contribution in [0.3, 0.4) is 0 Å². The summed E-state index contributed by atoms with van der Waals surface area (Å²) in [6, 6.07) is 19.6. The number of amides is 1. The molecule has 1 amide bonds. The van der Waals surface area contributed by atoms with Gasteiger partial charge in [-0.15, -0.1) is 0 Å². The van der Waals surface area contributed by atoms with Crippen molar-refractivity contribution in [2.45, 2.75) is 20.5 Å². The number of anilines is 4. The van der Waals surface area contributed by atoms with Crippen molar-refractivity contribution in [3.8, 4) is 11.1 Å². The van der Waals surface area contributed by atoms with Gasteiger partial charge in [-0.1, -0.05) is 44.7 Å². The van der Waals surface area contributed by atoms with Gasteiger partial charge in [0.1, 0.15) is 0 Å². The first-order valence-electron chi connectivity index (χ1n) is 13.3. The Morgan fingerprint density at radius 2 is 1.77 bits per heavy atom. The summed E-state index contributed by atoms with van der Waals surface area (Å²) in [7, 11) is 2.15. The normalized spacial score (nSPS) is 13.4. The van der Waals surface area contributed by atoms with Gasteiger partial charge in [0.15, 0.2) is 0 Å². The lowest BCUT2D eigenvalue weighted by Crippen LogP contribution is -2.44. The summed E-state index contributed by atoms with van der Waals surface area (Å²) in [6.45, 7) is 11.5. The SMILES string of the molecule is C=CC(=O)Nc1cccc(-c2c(CO)ccc3cnc(Nc4ccc(N5CCN(C)CC5)cc4)nc23)c1.CC. The number of aliphatic hydroxyl groups is 1. The van der Waals surface area contributed by atoms with Crippen LogP contribution in [0.2, 0.25) is 0 Å². The average molecular weight is 525 g/mol. The molecule has 0 atom stereocenters. The van der Waals surface area contributed by atoms with Gasteiger partial charge in [0.05, 0.1) is 12.1 Å². The van der Waals surface area contributed by atoms with E-state index in [9.17, 15) is 9.90 Å². The summed E-state index contributed by atoms with van der Waals surface area (Å²) in [5, 5.41) is 17.1. The standard InChI is InChI=1S/C29H30N6O2.C2H6/c1-3-26(37)31-24-6-4-5-20(17-24)27-22(19-36)8-7-21-18-30-29(33-28(21)27)32-23-9-11-25(12-10-23)35-15-13-34(2)14-16-35;1-2/h3-12,17-18,36H,1,13-16,19H2,2H3,(H,31,37)(H,30,32,33);1-2H3. The van der Waals surface area contributed by atoms with Gasteiger partial charge < -0.3 is 25.5 Å². The zero-order valence-electron chi connectivity index (χ0n) is 22.8. The molecule has 8 nitrogen and oxygen atoms in total. The number of nitrogens with one attached hydrogen (secondary N) is 2. The fourth-order valence-electron chi connectivity index (χ4n) is 4.55. The number of nitrogens with zero attached hydrogens (tertiary/aromatic N) is 4. The molecule has 3 N–H and O–H groups in total. The fourth-order valence-corrected chi connectivity index (χ4v) is 4.55. The molecule has 1 saturated heterocycles. The number of aliphatic hydroxyl groups excluding tert-OH is 1. The molecule has 2 heterocycles. The van der Waals surface area contributed by atoms with Crippen LogP contribution < -0.4 is 15.5 Å². The minimum absolute atomic E-state index is 0.144. The first-order valence-corrected chi connectivity index (χ1v) is 13.3. The van der Waals surface area contributed by atoms with E-state index < -0.39 is 0 Å². The molecule has 1 aromatic heterocycles. The monoisotopic (exact) mass is 524 g/mol. The van der Waals surface area contributed by atoms with E-state index in [4.69, 9.17) is 4.98 Å². The lowest BCUT2D eigenvalue weighted by Gasteiger charge is -2.34. The summed E-state index contributed by atoms with van der Waals surface area (Å²) in [5.74, 6) is 0.178. The predicted octanol–water partition coefficient (Wildman–Crippen LogP) is 5.44. The Labute approximate surface area is 230 Å². The van der Waals surface area contributed by atoms with Gasteiger partial charge in [-0.2, -0.15) is 0 Å². The zero-order chi connectivity index (χ0) is 27.8. The van der Waals surface area contributed by atoms with E-state index in [2.05, 4.69) is 51.2 Å². The van der Waals surface area contributed by atoms with E-state index in [0.29, 0.717) is 17.2 Å². The van der Waals surface area contributed by atoms with E-state index in [-0.39, 0.29) is 12.5 Å². The van der Waals surface area contributed by atoms with Crippen LogP contribution in [0.25, 0.3) is 22.0 Å². The molecule has 1 aliphatic rings. The smallest absolute Gasteiger partial charge is 0.247 e. The van der Waals surface area contributed by atoms with Gasteiger partial charge >= 0.3 is 0 Å². The highest BCUT2D eigenvalue weighted by Gasteiger charge is 2.15. The van der Waals surface area contributed by atoms with Crippen molar-refractivity contribution < 1.29 is 9.90 Å². The van der Waals surface area contributed by atoms with E-state index >= 15 is 0 Å². The van der Waals surface area contributed by atoms with Crippen LogP contribution in [0.1, 0.15) is 19.4 Å². The van der Waals surface area contributed by atoms with Crippen molar-refractivity contribution >= 4 is 39.8 Å². The van der Waals surface area contributed by atoms with Crippen LogP contribution in [-0.4, -0.2) is 59.1 Å². The minimum Gasteiger partial charge on any atom is -0.392 e. The highest BCUT2D eigenvalue weighted by atomic mass is 16.3. The number of benzene rings is 3. The van der Waals surface area contributed by atoms with E-state index in [1.165, 1.54) is 11.8 Å². The molecule has 4 aromatic rings. The highest BCUT2D eigenvalue weighted by molar-refractivity contribution is 6.00. The maximum Gasteiger partial charge on any atom is 0.247 e. The molecule has 0 aliphatic carbocycles. The summed E-state index contributed by atoms with van der Waals surface area (Å²) >= 11 is 0. The van der Waals surface area contributed by atoms with Crippen molar-refractivity contribution in [1.29, 1.82) is 0 Å². The van der Waals surface area contributed by atoms with E-state index in [1.54, 1.807) is 6.20 Å². The van der Waals surface area contributed by atoms with Gasteiger partial charge in [0, 0.05) is 60.4 Å². The van der Waals surface area contributed by atoms with Crippen molar-refractivity contribution in [3.05, 3.63) is 85.1 Å². The quantitative estimate of drug-likeness (QED) is 0.277. The second kappa shape index (κ2) is 13.0. The van der Waals surface area contributed by atoms with Gasteiger partial charge in [0.25, 0.3) is 0 Å². The van der Waals surface area contributed by atoms with Crippen LogP contribution in [0.4, 0.5) is 23.0 Å². The molecule has 0 saturated carbocycles. The molecule has 5 rings (SSSR count). The maximum atomic E-state index is 11.8. The molecule has 0 bridgehead atoms. The molecule has 39 heavy (non-hydrogen) atoms. The number of likely N-dealkylation sites (N-methyl/N-ethyl adjacent to an activating group) is 1. The third kappa shape index (κ3) is 6.60. The van der Waals surface area contributed by atoms with Crippen molar-refractivity contribution in [2.24, 2.45) is 0 Å². The number of carbonyl (C=O) groups is 1. The number of fused-ring (bicyclic) bond motifs is 1. The third-order valence-corrected chi connectivity index (χ3v) is 6.61. The highest BCUT2D eigenvalue weighted by Crippen LogP contribution is 2.33. The number of hydrogen-bond acceptors (Lipinski definition) is 7. The number of carbonyl (C=O) groups excluding carboxylic acids is 1. The number of aromatic nitrogens is 2. The minimum atomic E-state index is -0.287. The molecule has 0 spiro atoms. The molecule has 202 valence electrons. The summed E-state index contributed by atoms with van der Waals surface area (Å²) in [5.41, 5.74) is 5.81. The molecule has 3 aromatic carbocycles. The van der Waals surface area contributed by atoms with E-state index in [0.717, 1.165) is 53.9 Å². The molecule has 0 unspecified atom stereocenters. The Bertz CT molecular complexity index is 1430. The van der Waals surface area contributed by atoms with Crippen LogP contribution in [0, 0.1) is 0 Å². The van der Waals surface area contributed by atoms with E-state index in [1.807, 2.05) is 62.4 Å². The first-order chi connectivity index (χ1) is 19.0. The largest absolute Gasteiger partial charge is 0.392 e. The number of rotatable bonds is 7. The second-order valence-corrected chi connectivity index (χ2v) is 9.13. The Morgan fingerprint density at radius 3 is 2.46 bits per heavy atom. The summed E-state index contributed by atoms with van der Waals surface area (Å²) in [6.07, 6.45) is 3.00. The topological polar surface area (TPSA) is 93.6 Å². The van der Waals surface area contributed by atoms with Crippen LogP contribution in [0.15, 0.2) is 79.5 Å². The second-order valence-electron chi connectivity index (χ2n) is 9.13. The Balaban J connectivity index is 0.00000172. The van der Waals surface area contributed by atoms with Crippen molar-refractivity contribution in [2.75, 3.05) is 48.8 Å². The van der Waals surface area contributed by atoms with Crippen LogP contribution >= 0.6 is 0 Å². The Hall–Kier alpha value is -4.27. The fraction of sp³-hybridized carbons (Fsp3) is 0.258. The molecule has 8 heteroatoms. The van der Waals surface area contributed by atoms with Gasteiger partial charge in [-0.3, -0.25) is 4.79 Å². The van der Waals surface area contributed by atoms with Gasteiger partial charge in [0.2, 0.25) is 11.9 Å². The van der Waals surface area contributed by atoms with Gasteiger partial charge in [-0.25, -0.2) is 9.97 Å². The predicted molar refractivity (Wildman–Crippen MR) is 161 cm³/mol. The molecule has 1 aliphatic heterocycles. The lowest BCUT2D eigenvalue weighted by molar-refractivity contribution is -0.111.